The van der Waals surface area contributed by atoms with Crippen molar-refractivity contribution in [2.24, 2.45) is 0 Å². The molecular weight excluding hydrogens is 382 g/mol. The lowest BCUT2D eigenvalue weighted by Gasteiger charge is -2.09. The summed E-state index contributed by atoms with van der Waals surface area (Å²) in [6, 6.07) is 27.4. The first kappa shape index (κ1) is 17.5. The van der Waals surface area contributed by atoms with Crippen LogP contribution in [0, 0.1) is 0 Å². The first-order valence-electron chi connectivity index (χ1n) is 9.33. The number of hydrogen-bond donors (Lipinski definition) is 0. The minimum atomic E-state index is 0.823. The number of para-hydroxylation sites is 3. The molecule has 0 amide bonds. The molecule has 5 heteroatoms. The summed E-state index contributed by atoms with van der Waals surface area (Å²) < 4.78 is 4.70. The van der Waals surface area contributed by atoms with E-state index < -0.39 is 0 Å². The Morgan fingerprint density at radius 3 is 2.39 bits per heavy atom. The molecule has 2 heterocycles. The fraction of sp³-hybridized carbons (Fsp3) is 0.130. The molecule has 0 unspecified atom stereocenters. The number of aryl methyl sites for hydroxylation is 2. The second-order valence-electron chi connectivity index (χ2n) is 6.64. The van der Waals surface area contributed by atoms with Crippen molar-refractivity contribution in [1.29, 1.82) is 0 Å². The predicted octanol–water partition coefficient (Wildman–Crippen LogP) is 6.18. The smallest absolute Gasteiger partial charge is 0.151 e. The Kier molecular flexibility index (Phi) is 4.85. The van der Waals surface area contributed by atoms with Gasteiger partial charge in [0.1, 0.15) is 5.82 Å². The summed E-state index contributed by atoms with van der Waals surface area (Å²) in [6.45, 7) is 0.931. The zero-order valence-electron chi connectivity index (χ0n) is 15.3. The van der Waals surface area contributed by atoms with E-state index in [2.05, 4.69) is 77.4 Å². The van der Waals surface area contributed by atoms with Crippen LogP contribution in [0.15, 0.2) is 83.2 Å². The Morgan fingerprint density at radius 1 is 0.786 bits per heavy atom. The molecular formula is C23H19N3S2. The number of hydrogen-bond acceptors (Lipinski definition) is 4. The van der Waals surface area contributed by atoms with E-state index in [4.69, 9.17) is 9.97 Å². The Hall–Kier alpha value is -2.63. The van der Waals surface area contributed by atoms with Gasteiger partial charge >= 0.3 is 0 Å². The molecule has 0 aliphatic carbocycles. The number of thioether (sulfide) groups is 1. The summed E-state index contributed by atoms with van der Waals surface area (Å²) in [5.41, 5.74) is 4.70. The quantitative estimate of drug-likeness (QED) is 0.318. The highest BCUT2D eigenvalue weighted by Crippen LogP contribution is 2.32. The highest BCUT2D eigenvalue weighted by atomic mass is 32.2. The van der Waals surface area contributed by atoms with Crippen LogP contribution < -0.4 is 0 Å². The molecule has 28 heavy (non-hydrogen) atoms. The maximum atomic E-state index is 4.91. The summed E-state index contributed by atoms with van der Waals surface area (Å²) in [7, 11) is 0. The molecule has 0 radical (unpaired) electrons. The van der Waals surface area contributed by atoms with Gasteiger partial charge in [-0.2, -0.15) is 0 Å². The minimum absolute atomic E-state index is 0.823. The third kappa shape index (κ3) is 3.55. The van der Waals surface area contributed by atoms with Crippen LogP contribution in [0.3, 0.4) is 0 Å². The topological polar surface area (TPSA) is 30.7 Å². The van der Waals surface area contributed by atoms with Gasteiger partial charge in [0.25, 0.3) is 0 Å². The van der Waals surface area contributed by atoms with Gasteiger partial charge < -0.3 is 4.57 Å². The van der Waals surface area contributed by atoms with Gasteiger partial charge in [0.2, 0.25) is 0 Å². The first-order valence-corrected chi connectivity index (χ1v) is 11.1. The zero-order chi connectivity index (χ0) is 18.8. The largest absolute Gasteiger partial charge is 0.327 e. The fourth-order valence-electron chi connectivity index (χ4n) is 3.41. The van der Waals surface area contributed by atoms with Crippen molar-refractivity contribution in [2.45, 2.75) is 23.1 Å². The molecule has 5 aromatic rings. The molecule has 0 fully saturated rings. The third-order valence-electron chi connectivity index (χ3n) is 4.80. The molecule has 5 rings (SSSR count). The van der Waals surface area contributed by atoms with Crippen LogP contribution in [0.5, 0.6) is 0 Å². The van der Waals surface area contributed by atoms with E-state index in [1.54, 1.807) is 23.1 Å². The fourth-order valence-corrected chi connectivity index (χ4v) is 5.42. The maximum Gasteiger partial charge on any atom is 0.151 e. The first-order chi connectivity index (χ1) is 13.9. The molecule has 0 saturated carbocycles. The molecule has 0 aliphatic heterocycles. The number of aromatic nitrogens is 3. The van der Waals surface area contributed by atoms with E-state index in [1.165, 1.54) is 15.8 Å². The molecule has 0 aliphatic rings. The van der Waals surface area contributed by atoms with Crippen LogP contribution in [0.25, 0.3) is 21.3 Å². The summed E-state index contributed by atoms with van der Waals surface area (Å²) in [5.74, 6) is 1.94. The number of imidazole rings is 1. The molecule has 0 spiro atoms. The van der Waals surface area contributed by atoms with Crippen LogP contribution in [0.2, 0.25) is 0 Å². The highest BCUT2D eigenvalue weighted by molar-refractivity contribution is 8.00. The summed E-state index contributed by atoms with van der Waals surface area (Å²) in [6.07, 6.45) is 1.000. The van der Waals surface area contributed by atoms with Crippen molar-refractivity contribution in [2.75, 3.05) is 0 Å². The van der Waals surface area contributed by atoms with Gasteiger partial charge in [-0.05, 0) is 36.2 Å². The number of nitrogens with zero attached hydrogens (tertiary/aromatic N) is 3. The Bertz CT molecular complexity index is 1190. The van der Waals surface area contributed by atoms with Crippen LogP contribution >= 0.6 is 23.1 Å². The lowest BCUT2D eigenvalue weighted by Crippen LogP contribution is -2.05. The van der Waals surface area contributed by atoms with Gasteiger partial charge in [-0.25, -0.2) is 9.97 Å². The lowest BCUT2D eigenvalue weighted by atomic mass is 10.1. The molecule has 3 nitrogen and oxygen atoms in total. The Balaban J connectivity index is 1.41. The third-order valence-corrected chi connectivity index (χ3v) is 6.97. The molecule has 0 bridgehead atoms. The second kappa shape index (κ2) is 7.78. The van der Waals surface area contributed by atoms with Gasteiger partial charge in [-0.15, -0.1) is 11.3 Å². The zero-order valence-corrected chi connectivity index (χ0v) is 16.9. The molecule has 138 valence electrons. The van der Waals surface area contributed by atoms with Gasteiger partial charge in [0.05, 0.1) is 27.0 Å². The van der Waals surface area contributed by atoms with Crippen molar-refractivity contribution in [1.82, 2.24) is 14.5 Å². The van der Waals surface area contributed by atoms with E-state index >= 15 is 0 Å². The molecule has 3 aromatic carbocycles. The molecule has 2 aromatic heterocycles. The summed E-state index contributed by atoms with van der Waals surface area (Å²) in [4.78, 5) is 9.66. The van der Waals surface area contributed by atoms with Crippen LogP contribution in [0.1, 0.15) is 11.4 Å². The molecule has 0 saturated heterocycles. The average Bonchev–Trinajstić information content (AvgIpc) is 3.32. The number of fused-ring (bicyclic) bond motifs is 2. The van der Waals surface area contributed by atoms with Crippen molar-refractivity contribution < 1.29 is 0 Å². The van der Waals surface area contributed by atoms with Gasteiger partial charge in [-0.1, -0.05) is 66.4 Å². The van der Waals surface area contributed by atoms with E-state index in [-0.39, 0.29) is 0 Å². The number of benzene rings is 3. The van der Waals surface area contributed by atoms with Crippen molar-refractivity contribution in [3.8, 4) is 0 Å². The predicted molar refractivity (Wildman–Crippen MR) is 119 cm³/mol. The molecule has 0 N–H and O–H groups in total. The van der Waals surface area contributed by atoms with Gasteiger partial charge in [0, 0.05) is 6.54 Å². The Morgan fingerprint density at radius 2 is 1.54 bits per heavy atom. The van der Waals surface area contributed by atoms with E-state index in [0.29, 0.717) is 0 Å². The minimum Gasteiger partial charge on any atom is -0.327 e. The summed E-state index contributed by atoms with van der Waals surface area (Å²) in [5, 5.41) is 0. The van der Waals surface area contributed by atoms with Gasteiger partial charge in [-0.3, -0.25) is 0 Å². The lowest BCUT2D eigenvalue weighted by molar-refractivity contribution is 0.689. The highest BCUT2D eigenvalue weighted by Gasteiger charge is 2.12. The van der Waals surface area contributed by atoms with Crippen LogP contribution in [-0.2, 0) is 18.7 Å². The van der Waals surface area contributed by atoms with E-state index in [0.717, 1.165) is 39.9 Å². The number of rotatable bonds is 6. The SMILES string of the molecule is c1ccc(CCn2c(CSc3nc4ccccc4s3)nc3ccccc32)cc1. The van der Waals surface area contributed by atoms with Crippen molar-refractivity contribution in [3.05, 3.63) is 90.3 Å². The summed E-state index contributed by atoms with van der Waals surface area (Å²) >= 11 is 3.53. The standard InChI is InChI=1S/C23H19N3S2/c1-2-8-17(9-3-1)14-15-26-20-12-6-4-10-18(20)24-22(26)16-27-23-25-19-11-5-7-13-21(19)28-23/h1-13H,14-16H2. The second-order valence-corrected chi connectivity index (χ2v) is 8.89. The van der Waals surface area contributed by atoms with Crippen LogP contribution in [-0.4, -0.2) is 14.5 Å². The van der Waals surface area contributed by atoms with Gasteiger partial charge in [0.15, 0.2) is 4.34 Å². The van der Waals surface area contributed by atoms with E-state index in [9.17, 15) is 0 Å². The Labute approximate surface area is 172 Å². The van der Waals surface area contributed by atoms with Crippen molar-refractivity contribution in [3.63, 3.8) is 0 Å². The van der Waals surface area contributed by atoms with E-state index in [1.807, 2.05) is 6.07 Å². The monoisotopic (exact) mass is 401 g/mol. The average molecular weight is 402 g/mol. The van der Waals surface area contributed by atoms with Crippen LogP contribution in [0.4, 0.5) is 0 Å². The normalized spacial score (nSPS) is 11.4. The molecule has 0 atom stereocenters. The number of thiazole rings is 1. The van der Waals surface area contributed by atoms with Crippen molar-refractivity contribution >= 4 is 44.3 Å². The maximum absolute atomic E-state index is 4.91.